The van der Waals surface area contributed by atoms with Gasteiger partial charge < -0.3 is 39.7 Å². The predicted octanol–water partition coefficient (Wildman–Crippen LogP) is 0.528. The summed E-state index contributed by atoms with van der Waals surface area (Å²) in [6, 6.07) is 5.33. The summed E-state index contributed by atoms with van der Waals surface area (Å²) in [5, 5.41) is 52.9. The Morgan fingerprint density at radius 1 is 1.00 bits per heavy atom. The molecule has 0 aromatic heterocycles. The molecular formula is C20H20O9. The second-order valence-electron chi connectivity index (χ2n) is 7.30. The molecule has 2 aromatic rings. The molecule has 5 N–H and O–H groups in total. The number of carbonyl (C=O) groups is 1. The van der Waals surface area contributed by atoms with Gasteiger partial charge in [0, 0.05) is 6.42 Å². The fourth-order valence-electron chi connectivity index (χ4n) is 4.28. The molecule has 2 aliphatic rings. The average molecular weight is 404 g/mol. The Labute approximate surface area is 165 Å². The monoisotopic (exact) mass is 404 g/mol. The SMILES string of the molecule is COc1cc2c(cc1O)C(c1cc(O)c(O)c(OC)c1)C1(O)C(=O)OCC1(O)C2. The summed E-state index contributed by atoms with van der Waals surface area (Å²) in [7, 11) is 2.65. The number of fused-ring (bicyclic) bond motifs is 2. The van der Waals surface area contributed by atoms with Crippen molar-refractivity contribution < 1.29 is 44.5 Å². The van der Waals surface area contributed by atoms with Gasteiger partial charge in [-0.25, -0.2) is 4.79 Å². The number of aliphatic hydroxyl groups is 2. The molecule has 1 aliphatic heterocycles. The molecule has 9 nitrogen and oxygen atoms in total. The highest BCUT2D eigenvalue weighted by Crippen LogP contribution is 2.55. The van der Waals surface area contributed by atoms with E-state index in [0.29, 0.717) is 11.1 Å². The zero-order valence-electron chi connectivity index (χ0n) is 15.7. The predicted molar refractivity (Wildman–Crippen MR) is 97.4 cm³/mol. The molecule has 2 aromatic carbocycles. The Kier molecular flexibility index (Phi) is 4.07. The lowest BCUT2D eigenvalue weighted by molar-refractivity contribution is -0.168. The van der Waals surface area contributed by atoms with Crippen LogP contribution in [0.3, 0.4) is 0 Å². The number of phenols is 3. The Balaban J connectivity index is 2.04. The molecule has 1 heterocycles. The van der Waals surface area contributed by atoms with E-state index >= 15 is 0 Å². The van der Waals surface area contributed by atoms with Crippen molar-refractivity contribution in [2.24, 2.45) is 0 Å². The lowest BCUT2D eigenvalue weighted by Gasteiger charge is -2.44. The van der Waals surface area contributed by atoms with Gasteiger partial charge in [-0.15, -0.1) is 0 Å². The van der Waals surface area contributed by atoms with Crippen molar-refractivity contribution in [1.82, 2.24) is 0 Å². The number of methoxy groups -OCH3 is 2. The van der Waals surface area contributed by atoms with Gasteiger partial charge in [0.05, 0.1) is 20.1 Å². The lowest BCUT2D eigenvalue weighted by Crippen LogP contribution is -2.62. The number of hydrogen-bond acceptors (Lipinski definition) is 9. The topological polar surface area (TPSA) is 146 Å². The molecule has 3 atom stereocenters. The second kappa shape index (κ2) is 6.16. The third kappa shape index (κ3) is 2.44. The van der Waals surface area contributed by atoms with Crippen molar-refractivity contribution in [3.63, 3.8) is 0 Å². The van der Waals surface area contributed by atoms with E-state index in [1.165, 1.54) is 32.4 Å². The molecule has 0 spiro atoms. The van der Waals surface area contributed by atoms with Crippen molar-refractivity contribution in [2.45, 2.75) is 23.5 Å². The van der Waals surface area contributed by atoms with Gasteiger partial charge in [-0.3, -0.25) is 0 Å². The molecule has 4 rings (SSSR count). The first-order chi connectivity index (χ1) is 13.7. The zero-order valence-corrected chi connectivity index (χ0v) is 15.7. The molecule has 154 valence electrons. The van der Waals surface area contributed by atoms with Crippen molar-refractivity contribution in [3.05, 3.63) is 41.0 Å². The van der Waals surface area contributed by atoms with E-state index in [9.17, 15) is 30.3 Å². The summed E-state index contributed by atoms with van der Waals surface area (Å²) < 4.78 is 15.2. The summed E-state index contributed by atoms with van der Waals surface area (Å²) in [4.78, 5) is 12.6. The van der Waals surface area contributed by atoms with E-state index in [0.717, 1.165) is 6.07 Å². The Hall–Kier alpha value is -3.17. The standard InChI is InChI=1S/C20H20O9/c1-27-14-5-10-7-19(25)8-29-18(24)20(19,26)16(11(10)6-12(14)21)9-3-13(22)17(23)15(4-9)28-2/h3-6,16,21-23,25-26H,7-8H2,1-2H3. The fourth-order valence-corrected chi connectivity index (χ4v) is 4.28. The molecule has 9 heteroatoms. The van der Waals surface area contributed by atoms with Crippen LogP contribution in [0.2, 0.25) is 0 Å². The number of cyclic esters (lactones) is 1. The van der Waals surface area contributed by atoms with Gasteiger partial charge in [-0.05, 0) is 41.0 Å². The number of ether oxygens (including phenoxy) is 3. The molecule has 1 aliphatic carbocycles. The van der Waals surface area contributed by atoms with Crippen molar-refractivity contribution in [2.75, 3.05) is 20.8 Å². The lowest BCUT2D eigenvalue weighted by atomic mass is 9.62. The number of hydrogen-bond donors (Lipinski definition) is 5. The van der Waals surface area contributed by atoms with Crippen LogP contribution in [-0.2, 0) is 16.0 Å². The maximum Gasteiger partial charge on any atom is 0.342 e. The minimum absolute atomic E-state index is 0.0941. The average Bonchev–Trinajstić information content (AvgIpc) is 2.91. The van der Waals surface area contributed by atoms with E-state index in [1.807, 2.05) is 0 Å². The number of carbonyl (C=O) groups excluding carboxylic acids is 1. The van der Waals surface area contributed by atoms with Crippen LogP contribution in [0.1, 0.15) is 22.6 Å². The van der Waals surface area contributed by atoms with E-state index in [2.05, 4.69) is 0 Å². The van der Waals surface area contributed by atoms with Crippen molar-refractivity contribution >= 4 is 5.97 Å². The van der Waals surface area contributed by atoms with Crippen LogP contribution in [0.5, 0.6) is 28.7 Å². The summed E-state index contributed by atoms with van der Waals surface area (Å²) in [6.07, 6.45) is -0.126. The van der Waals surface area contributed by atoms with Crippen LogP contribution in [-0.4, -0.2) is 63.5 Å². The number of aromatic hydroxyl groups is 3. The zero-order chi connectivity index (χ0) is 21.1. The number of benzene rings is 2. The summed E-state index contributed by atoms with van der Waals surface area (Å²) in [5.41, 5.74) is -3.33. The van der Waals surface area contributed by atoms with E-state index < -0.39 is 41.2 Å². The van der Waals surface area contributed by atoms with Gasteiger partial charge in [0.15, 0.2) is 23.0 Å². The fraction of sp³-hybridized carbons (Fsp3) is 0.350. The number of rotatable bonds is 3. The van der Waals surface area contributed by atoms with Gasteiger partial charge in [0.25, 0.3) is 0 Å². The summed E-state index contributed by atoms with van der Waals surface area (Å²) >= 11 is 0. The second-order valence-corrected chi connectivity index (χ2v) is 7.30. The van der Waals surface area contributed by atoms with Crippen LogP contribution in [0, 0.1) is 0 Å². The van der Waals surface area contributed by atoms with E-state index in [1.54, 1.807) is 0 Å². The van der Waals surface area contributed by atoms with Crippen LogP contribution < -0.4 is 9.47 Å². The van der Waals surface area contributed by atoms with Crippen LogP contribution >= 0.6 is 0 Å². The Morgan fingerprint density at radius 3 is 2.34 bits per heavy atom. The van der Waals surface area contributed by atoms with Gasteiger partial charge in [-0.2, -0.15) is 0 Å². The third-order valence-corrected chi connectivity index (χ3v) is 5.75. The third-order valence-electron chi connectivity index (χ3n) is 5.75. The maximum absolute atomic E-state index is 12.6. The molecule has 1 fully saturated rings. The molecule has 29 heavy (non-hydrogen) atoms. The summed E-state index contributed by atoms with van der Waals surface area (Å²) in [5.74, 6) is -3.48. The molecular weight excluding hydrogens is 384 g/mol. The van der Waals surface area contributed by atoms with Gasteiger partial charge in [-0.1, -0.05) is 0 Å². The van der Waals surface area contributed by atoms with Crippen LogP contribution in [0.15, 0.2) is 24.3 Å². The first-order valence-corrected chi connectivity index (χ1v) is 8.78. The van der Waals surface area contributed by atoms with E-state index in [4.69, 9.17) is 14.2 Å². The molecule has 0 radical (unpaired) electrons. The van der Waals surface area contributed by atoms with Crippen molar-refractivity contribution in [3.8, 4) is 28.7 Å². The van der Waals surface area contributed by atoms with Crippen LogP contribution in [0.4, 0.5) is 0 Å². The largest absolute Gasteiger partial charge is 0.504 e. The minimum atomic E-state index is -2.39. The quantitative estimate of drug-likeness (QED) is 0.365. The molecule has 0 bridgehead atoms. The highest BCUT2D eigenvalue weighted by molar-refractivity contribution is 5.87. The summed E-state index contributed by atoms with van der Waals surface area (Å²) in [6.45, 7) is -0.428. The number of phenolic OH excluding ortho intramolecular Hbond substituents is 3. The van der Waals surface area contributed by atoms with Gasteiger partial charge >= 0.3 is 5.97 Å². The first kappa shape index (κ1) is 19.2. The van der Waals surface area contributed by atoms with Crippen molar-refractivity contribution in [1.29, 1.82) is 0 Å². The molecule has 1 saturated heterocycles. The molecule has 0 saturated carbocycles. The smallest absolute Gasteiger partial charge is 0.342 e. The minimum Gasteiger partial charge on any atom is -0.504 e. The molecule has 0 amide bonds. The van der Waals surface area contributed by atoms with Gasteiger partial charge in [0.2, 0.25) is 11.4 Å². The normalized spacial score (nSPS) is 27.7. The highest BCUT2D eigenvalue weighted by atomic mass is 16.6. The molecule has 3 unspecified atom stereocenters. The Morgan fingerprint density at radius 2 is 1.69 bits per heavy atom. The highest BCUT2D eigenvalue weighted by Gasteiger charge is 2.68. The van der Waals surface area contributed by atoms with Gasteiger partial charge in [0.1, 0.15) is 12.2 Å². The Bertz CT molecular complexity index is 1020. The number of esters is 1. The van der Waals surface area contributed by atoms with Crippen LogP contribution in [0.25, 0.3) is 0 Å². The first-order valence-electron chi connectivity index (χ1n) is 8.78. The van der Waals surface area contributed by atoms with E-state index in [-0.39, 0.29) is 29.2 Å². The maximum atomic E-state index is 12.6.